The Labute approximate surface area is 111 Å². The van der Waals surface area contributed by atoms with E-state index < -0.39 is 10.0 Å². The van der Waals surface area contributed by atoms with Gasteiger partial charge >= 0.3 is 0 Å². The molecule has 0 aromatic carbocycles. The lowest BCUT2D eigenvalue weighted by atomic mass is 9.90. The molecular weight excluding hydrogens is 248 g/mol. The Morgan fingerprint density at radius 2 is 1.94 bits per heavy atom. The van der Waals surface area contributed by atoms with Crippen LogP contribution >= 0.6 is 0 Å². The summed E-state index contributed by atoms with van der Waals surface area (Å²) in [5, 5.41) is 0. The highest BCUT2D eigenvalue weighted by molar-refractivity contribution is 7.89. The van der Waals surface area contributed by atoms with E-state index in [1.54, 1.807) is 4.31 Å². The van der Waals surface area contributed by atoms with Crippen LogP contribution in [-0.4, -0.2) is 37.6 Å². The van der Waals surface area contributed by atoms with Crippen LogP contribution in [0.3, 0.4) is 0 Å². The Morgan fingerprint density at radius 1 is 1.22 bits per heavy atom. The van der Waals surface area contributed by atoms with E-state index >= 15 is 0 Å². The summed E-state index contributed by atoms with van der Waals surface area (Å²) >= 11 is 0. The molecule has 0 spiro atoms. The summed E-state index contributed by atoms with van der Waals surface area (Å²) < 4.78 is 26.4. The molecular formula is C13H26N2O2S. The highest BCUT2D eigenvalue weighted by atomic mass is 32.2. The van der Waals surface area contributed by atoms with E-state index in [0.29, 0.717) is 30.7 Å². The number of sulfonamides is 1. The van der Waals surface area contributed by atoms with Gasteiger partial charge in [0.25, 0.3) is 0 Å². The summed E-state index contributed by atoms with van der Waals surface area (Å²) in [6.45, 7) is 3.31. The maximum atomic E-state index is 12.4. The summed E-state index contributed by atoms with van der Waals surface area (Å²) in [6, 6.07) is 0.0351. The highest BCUT2D eigenvalue weighted by Gasteiger charge is 2.35. The van der Waals surface area contributed by atoms with Crippen molar-refractivity contribution in [2.24, 2.45) is 17.6 Å². The van der Waals surface area contributed by atoms with Crippen LogP contribution in [-0.2, 0) is 10.0 Å². The summed E-state index contributed by atoms with van der Waals surface area (Å²) in [5.74, 6) is 1.64. The molecule has 1 heterocycles. The number of nitrogens with zero attached hydrogens (tertiary/aromatic N) is 1. The second-order valence-corrected chi connectivity index (χ2v) is 7.89. The van der Waals surface area contributed by atoms with E-state index in [9.17, 15) is 8.42 Å². The second-order valence-electron chi connectivity index (χ2n) is 5.85. The van der Waals surface area contributed by atoms with Gasteiger partial charge in [0.2, 0.25) is 10.0 Å². The lowest BCUT2D eigenvalue weighted by molar-refractivity contribution is 0.197. The van der Waals surface area contributed by atoms with Crippen molar-refractivity contribution in [2.45, 2.75) is 51.5 Å². The molecule has 2 unspecified atom stereocenters. The molecule has 0 aromatic rings. The first-order valence-electron chi connectivity index (χ1n) is 7.26. The molecule has 1 aliphatic heterocycles. The van der Waals surface area contributed by atoms with Gasteiger partial charge in [-0.1, -0.05) is 26.2 Å². The number of piperidine rings is 1. The monoisotopic (exact) mass is 274 g/mol. The number of nitrogens with two attached hydrogens (primary N) is 1. The van der Waals surface area contributed by atoms with Crippen LogP contribution in [0.2, 0.25) is 0 Å². The van der Waals surface area contributed by atoms with Gasteiger partial charge in [-0.25, -0.2) is 8.42 Å². The van der Waals surface area contributed by atoms with E-state index in [1.165, 1.54) is 12.8 Å². The topological polar surface area (TPSA) is 63.4 Å². The third kappa shape index (κ3) is 3.45. The van der Waals surface area contributed by atoms with Crippen LogP contribution in [0, 0.1) is 11.8 Å². The Kier molecular flexibility index (Phi) is 4.67. The third-order valence-electron chi connectivity index (χ3n) is 4.46. The Bertz CT molecular complexity index is 365. The third-order valence-corrected chi connectivity index (χ3v) is 6.41. The van der Waals surface area contributed by atoms with Crippen molar-refractivity contribution in [2.75, 3.05) is 18.8 Å². The molecule has 2 rings (SSSR count). The molecule has 4 nitrogen and oxygen atoms in total. The molecule has 0 amide bonds. The van der Waals surface area contributed by atoms with Gasteiger partial charge in [-0.15, -0.1) is 0 Å². The SMILES string of the molecule is CCC1CCN(S(=O)(=O)CCC2CC2)C(CN)C1. The van der Waals surface area contributed by atoms with Crippen molar-refractivity contribution in [1.82, 2.24) is 4.31 Å². The molecule has 2 atom stereocenters. The van der Waals surface area contributed by atoms with E-state index in [4.69, 9.17) is 5.73 Å². The summed E-state index contributed by atoms with van der Waals surface area (Å²) in [5.41, 5.74) is 5.77. The van der Waals surface area contributed by atoms with Gasteiger partial charge in [-0.3, -0.25) is 0 Å². The zero-order valence-electron chi connectivity index (χ0n) is 11.3. The average molecular weight is 274 g/mol. The van der Waals surface area contributed by atoms with Crippen molar-refractivity contribution in [3.05, 3.63) is 0 Å². The molecule has 2 fully saturated rings. The van der Waals surface area contributed by atoms with Gasteiger partial charge in [0, 0.05) is 19.1 Å². The maximum absolute atomic E-state index is 12.4. The molecule has 1 saturated heterocycles. The Balaban J connectivity index is 1.96. The quantitative estimate of drug-likeness (QED) is 0.799. The van der Waals surface area contributed by atoms with Crippen LogP contribution in [0.15, 0.2) is 0 Å². The average Bonchev–Trinajstić information content (AvgIpc) is 3.19. The van der Waals surface area contributed by atoms with Gasteiger partial charge < -0.3 is 5.73 Å². The predicted octanol–water partition coefficient (Wildman–Crippen LogP) is 1.57. The minimum Gasteiger partial charge on any atom is -0.329 e. The van der Waals surface area contributed by atoms with Crippen LogP contribution in [0.25, 0.3) is 0 Å². The lowest BCUT2D eigenvalue weighted by Gasteiger charge is -2.37. The van der Waals surface area contributed by atoms with E-state index in [1.807, 2.05) is 0 Å². The molecule has 18 heavy (non-hydrogen) atoms. The minimum atomic E-state index is -3.08. The molecule has 0 radical (unpaired) electrons. The van der Waals surface area contributed by atoms with Crippen LogP contribution in [0.1, 0.15) is 45.4 Å². The molecule has 5 heteroatoms. The first-order valence-corrected chi connectivity index (χ1v) is 8.87. The number of hydrogen-bond donors (Lipinski definition) is 1. The van der Waals surface area contributed by atoms with Crippen LogP contribution in [0.4, 0.5) is 0 Å². The van der Waals surface area contributed by atoms with Crippen LogP contribution in [0.5, 0.6) is 0 Å². The Hall–Kier alpha value is -0.130. The van der Waals surface area contributed by atoms with Crippen molar-refractivity contribution >= 4 is 10.0 Å². The normalized spacial score (nSPS) is 30.6. The van der Waals surface area contributed by atoms with Gasteiger partial charge in [-0.2, -0.15) is 4.31 Å². The fraction of sp³-hybridized carbons (Fsp3) is 1.00. The Morgan fingerprint density at radius 3 is 2.50 bits per heavy atom. The standard InChI is InChI=1S/C13H26N2O2S/c1-2-11-5-7-15(13(9-11)10-14)18(16,17)8-6-12-3-4-12/h11-13H,2-10,14H2,1H3. The van der Waals surface area contributed by atoms with E-state index in [2.05, 4.69) is 6.92 Å². The first-order chi connectivity index (χ1) is 8.56. The lowest BCUT2D eigenvalue weighted by Crippen LogP contribution is -2.50. The fourth-order valence-corrected chi connectivity index (χ4v) is 4.78. The highest BCUT2D eigenvalue weighted by Crippen LogP contribution is 2.34. The zero-order chi connectivity index (χ0) is 13.2. The molecule has 1 saturated carbocycles. The molecule has 1 aliphatic carbocycles. The minimum absolute atomic E-state index is 0.0351. The summed E-state index contributed by atoms with van der Waals surface area (Å²) in [6.07, 6.45) is 6.34. The van der Waals surface area contributed by atoms with Gasteiger partial charge in [0.1, 0.15) is 0 Å². The fourth-order valence-electron chi connectivity index (χ4n) is 2.90. The zero-order valence-corrected chi connectivity index (χ0v) is 12.2. The number of rotatable bonds is 6. The van der Waals surface area contributed by atoms with E-state index in [-0.39, 0.29) is 6.04 Å². The molecule has 2 N–H and O–H groups in total. The summed E-state index contributed by atoms with van der Waals surface area (Å²) in [4.78, 5) is 0. The van der Waals surface area contributed by atoms with Crippen molar-refractivity contribution in [3.63, 3.8) is 0 Å². The summed E-state index contributed by atoms with van der Waals surface area (Å²) in [7, 11) is -3.08. The molecule has 0 aromatic heterocycles. The van der Waals surface area contributed by atoms with Gasteiger partial charge in [0.05, 0.1) is 5.75 Å². The van der Waals surface area contributed by atoms with Crippen molar-refractivity contribution in [3.8, 4) is 0 Å². The number of hydrogen-bond acceptors (Lipinski definition) is 3. The molecule has 0 bridgehead atoms. The first kappa shape index (κ1) is 14.3. The van der Waals surface area contributed by atoms with E-state index in [0.717, 1.165) is 25.7 Å². The van der Waals surface area contributed by atoms with Crippen LogP contribution < -0.4 is 5.73 Å². The molecule has 2 aliphatic rings. The largest absolute Gasteiger partial charge is 0.329 e. The van der Waals surface area contributed by atoms with Gasteiger partial charge in [0.15, 0.2) is 0 Å². The maximum Gasteiger partial charge on any atom is 0.214 e. The second kappa shape index (κ2) is 5.88. The smallest absolute Gasteiger partial charge is 0.214 e. The molecule has 106 valence electrons. The van der Waals surface area contributed by atoms with Crippen molar-refractivity contribution in [1.29, 1.82) is 0 Å². The van der Waals surface area contributed by atoms with Gasteiger partial charge in [-0.05, 0) is 31.1 Å². The van der Waals surface area contributed by atoms with Crippen molar-refractivity contribution < 1.29 is 8.42 Å². The predicted molar refractivity (Wildman–Crippen MR) is 73.7 cm³/mol.